The lowest BCUT2D eigenvalue weighted by Gasteiger charge is -2.23. The van der Waals surface area contributed by atoms with Crippen LogP contribution in [-0.4, -0.2) is 23.1 Å². The summed E-state index contributed by atoms with van der Waals surface area (Å²) in [4.78, 5) is 11.1. The third-order valence-electron chi connectivity index (χ3n) is 2.77. The summed E-state index contributed by atoms with van der Waals surface area (Å²) in [6, 6.07) is 0. The molecule has 1 aromatic heterocycles. The first-order chi connectivity index (χ1) is 8.31. The minimum Gasteiger partial charge on any atom is -0.355 e. The van der Waals surface area contributed by atoms with Gasteiger partial charge in [-0.05, 0) is 12.8 Å². The Kier molecular flexibility index (Phi) is 6.55. The normalized spacial score (nSPS) is 10.5. The lowest BCUT2D eigenvalue weighted by Crippen LogP contribution is -2.27. The molecule has 1 heterocycles. The van der Waals surface area contributed by atoms with Crippen molar-refractivity contribution in [2.45, 2.75) is 46.1 Å². The molecule has 0 aromatic carbocycles. The first-order valence-corrected chi connectivity index (χ1v) is 6.57. The van der Waals surface area contributed by atoms with Gasteiger partial charge in [0, 0.05) is 25.8 Å². The molecule has 0 aliphatic rings. The summed E-state index contributed by atoms with van der Waals surface area (Å²) in [6.45, 7) is 6.98. The second kappa shape index (κ2) is 8.01. The number of anilines is 1. The van der Waals surface area contributed by atoms with Gasteiger partial charge in [0.1, 0.15) is 5.82 Å². The van der Waals surface area contributed by atoms with Crippen molar-refractivity contribution in [3.63, 3.8) is 0 Å². The highest BCUT2D eigenvalue weighted by Crippen LogP contribution is 2.12. The number of hydrogen-bond acceptors (Lipinski definition) is 4. The number of unbranched alkanes of at least 4 members (excludes halogenated alkanes) is 2. The molecule has 0 aliphatic heterocycles. The predicted octanol–water partition coefficient (Wildman–Crippen LogP) is 2.34. The number of nitrogens with zero attached hydrogens (tertiary/aromatic N) is 3. The van der Waals surface area contributed by atoms with Crippen LogP contribution in [0, 0.1) is 0 Å². The molecule has 0 aliphatic carbocycles. The van der Waals surface area contributed by atoms with E-state index in [4.69, 9.17) is 5.73 Å². The third-order valence-corrected chi connectivity index (χ3v) is 2.77. The highest BCUT2D eigenvalue weighted by Gasteiger charge is 2.07. The van der Waals surface area contributed by atoms with Gasteiger partial charge in [0.05, 0.1) is 11.9 Å². The fourth-order valence-electron chi connectivity index (χ4n) is 1.68. The zero-order chi connectivity index (χ0) is 12.5. The number of aromatic nitrogens is 2. The van der Waals surface area contributed by atoms with Crippen LogP contribution in [-0.2, 0) is 6.54 Å². The van der Waals surface area contributed by atoms with Gasteiger partial charge in [0.2, 0.25) is 0 Å². The average molecular weight is 236 g/mol. The van der Waals surface area contributed by atoms with E-state index in [1.54, 1.807) is 6.20 Å². The summed E-state index contributed by atoms with van der Waals surface area (Å²) in [5, 5.41) is 0. The molecule has 0 saturated carbocycles. The lowest BCUT2D eigenvalue weighted by molar-refractivity contribution is 0.668. The summed E-state index contributed by atoms with van der Waals surface area (Å²) in [5.74, 6) is 0.967. The monoisotopic (exact) mass is 236 g/mol. The fraction of sp³-hybridized carbons (Fsp3) is 0.692. The molecule has 4 heteroatoms. The molecule has 0 spiro atoms. The maximum atomic E-state index is 5.60. The SMILES string of the molecule is CCCCN(CCCC)c1cncc(CN)n1. The predicted molar refractivity (Wildman–Crippen MR) is 72.0 cm³/mol. The van der Waals surface area contributed by atoms with Crippen LogP contribution in [0.5, 0.6) is 0 Å². The molecule has 0 bridgehead atoms. The Morgan fingerprint density at radius 2 is 1.76 bits per heavy atom. The van der Waals surface area contributed by atoms with Crippen molar-refractivity contribution >= 4 is 5.82 Å². The molecule has 4 nitrogen and oxygen atoms in total. The Labute approximate surface area is 104 Å². The molecule has 1 aromatic rings. The molecule has 0 unspecified atom stereocenters. The summed E-state index contributed by atoms with van der Waals surface area (Å²) >= 11 is 0. The smallest absolute Gasteiger partial charge is 0.147 e. The van der Waals surface area contributed by atoms with Gasteiger partial charge in [-0.1, -0.05) is 26.7 Å². The Hall–Kier alpha value is -1.16. The molecule has 0 saturated heterocycles. The van der Waals surface area contributed by atoms with Gasteiger partial charge in [0.25, 0.3) is 0 Å². The number of nitrogens with two attached hydrogens (primary N) is 1. The minimum absolute atomic E-state index is 0.455. The summed E-state index contributed by atoms with van der Waals surface area (Å²) in [6.07, 6.45) is 8.36. The molecule has 0 amide bonds. The maximum Gasteiger partial charge on any atom is 0.147 e. The first kappa shape index (κ1) is 13.9. The number of rotatable bonds is 8. The topological polar surface area (TPSA) is 55.0 Å². The van der Waals surface area contributed by atoms with Crippen molar-refractivity contribution in [2.24, 2.45) is 5.73 Å². The zero-order valence-electron chi connectivity index (χ0n) is 11.0. The van der Waals surface area contributed by atoms with Crippen molar-refractivity contribution in [1.29, 1.82) is 0 Å². The molecule has 96 valence electrons. The molecule has 1 rings (SSSR count). The van der Waals surface area contributed by atoms with Crippen molar-refractivity contribution in [3.8, 4) is 0 Å². The Bertz CT molecular complexity index is 306. The first-order valence-electron chi connectivity index (χ1n) is 6.57. The van der Waals surface area contributed by atoms with E-state index in [2.05, 4.69) is 28.7 Å². The third kappa shape index (κ3) is 4.69. The van der Waals surface area contributed by atoms with Gasteiger partial charge in [-0.2, -0.15) is 0 Å². The molecule has 2 N–H and O–H groups in total. The van der Waals surface area contributed by atoms with Crippen LogP contribution >= 0.6 is 0 Å². The van der Waals surface area contributed by atoms with Crippen LogP contribution in [0.2, 0.25) is 0 Å². The van der Waals surface area contributed by atoms with E-state index in [1.165, 1.54) is 25.7 Å². The molecular weight excluding hydrogens is 212 g/mol. The van der Waals surface area contributed by atoms with E-state index in [-0.39, 0.29) is 0 Å². The zero-order valence-corrected chi connectivity index (χ0v) is 11.0. The number of hydrogen-bond donors (Lipinski definition) is 1. The standard InChI is InChI=1S/C13H24N4/c1-3-5-7-17(8-6-4-2)13-11-15-10-12(9-14)16-13/h10-11H,3-9,14H2,1-2H3. The molecule has 0 radical (unpaired) electrons. The fourth-order valence-corrected chi connectivity index (χ4v) is 1.68. The van der Waals surface area contributed by atoms with Gasteiger partial charge < -0.3 is 10.6 Å². The van der Waals surface area contributed by atoms with Crippen LogP contribution < -0.4 is 10.6 Å². The molecule has 0 atom stereocenters. The van der Waals surface area contributed by atoms with Gasteiger partial charge in [-0.25, -0.2) is 4.98 Å². The summed E-state index contributed by atoms with van der Waals surface area (Å²) < 4.78 is 0. The van der Waals surface area contributed by atoms with Gasteiger partial charge in [0.15, 0.2) is 0 Å². The van der Waals surface area contributed by atoms with Gasteiger partial charge in [-0.15, -0.1) is 0 Å². The second-order valence-electron chi connectivity index (χ2n) is 4.27. The van der Waals surface area contributed by atoms with Crippen molar-refractivity contribution in [3.05, 3.63) is 18.1 Å². The highest BCUT2D eigenvalue weighted by molar-refractivity contribution is 5.36. The Morgan fingerprint density at radius 1 is 1.12 bits per heavy atom. The minimum atomic E-state index is 0.455. The van der Waals surface area contributed by atoms with Crippen LogP contribution in [0.15, 0.2) is 12.4 Å². The second-order valence-corrected chi connectivity index (χ2v) is 4.27. The quantitative estimate of drug-likeness (QED) is 0.752. The van der Waals surface area contributed by atoms with Gasteiger partial charge in [-0.3, -0.25) is 4.98 Å². The van der Waals surface area contributed by atoms with Crippen LogP contribution in [0.3, 0.4) is 0 Å². The van der Waals surface area contributed by atoms with Crippen LogP contribution in [0.4, 0.5) is 5.82 Å². The van der Waals surface area contributed by atoms with Crippen molar-refractivity contribution in [1.82, 2.24) is 9.97 Å². The molecular formula is C13H24N4. The van der Waals surface area contributed by atoms with Gasteiger partial charge >= 0.3 is 0 Å². The van der Waals surface area contributed by atoms with E-state index in [0.717, 1.165) is 24.6 Å². The largest absolute Gasteiger partial charge is 0.355 e. The van der Waals surface area contributed by atoms with E-state index < -0.39 is 0 Å². The summed E-state index contributed by atoms with van der Waals surface area (Å²) in [7, 11) is 0. The van der Waals surface area contributed by atoms with E-state index >= 15 is 0 Å². The molecule has 17 heavy (non-hydrogen) atoms. The lowest BCUT2D eigenvalue weighted by atomic mass is 10.2. The van der Waals surface area contributed by atoms with E-state index in [1.807, 2.05) is 6.20 Å². The average Bonchev–Trinajstić information content (AvgIpc) is 2.39. The Balaban J connectivity index is 2.71. The van der Waals surface area contributed by atoms with E-state index in [9.17, 15) is 0 Å². The van der Waals surface area contributed by atoms with Crippen LogP contribution in [0.1, 0.15) is 45.2 Å². The Morgan fingerprint density at radius 3 is 2.29 bits per heavy atom. The van der Waals surface area contributed by atoms with Crippen molar-refractivity contribution < 1.29 is 0 Å². The maximum absolute atomic E-state index is 5.60. The van der Waals surface area contributed by atoms with Crippen molar-refractivity contribution in [2.75, 3.05) is 18.0 Å². The van der Waals surface area contributed by atoms with E-state index in [0.29, 0.717) is 6.54 Å². The summed E-state index contributed by atoms with van der Waals surface area (Å²) in [5.41, 5.74) is 6.46. The molecule has 0 fully saturated rings. The highest BCUT2D eigenvalue weighted by atomic mass is 15.2. The van der Waals surface area contributed by atoms with Crippen LogP contribution in [0.25, 0.3) is 0 Å².